The fraction of sp³-hybridized carbons (Fsp3) is 0.520. The first-order valence-corrected chi connectivity index (χ1v) is 12.5. The summed E-state index contributed by atoms with van der Waals surface area (Å²) in [5, 5.41) is 17.8. The minimum absolute atomic E-state index is 0.0460. The lowest BCUT2D eigenvalue weighted by atomic mass is 9.94. The van der Waals surface area contributed by atoms with Crippen LogP contribution in [0.5, 0.6) is 5.75 Å². The molecule has 192 valence electrons. The Morgan fingerprint density at radius 1 is 1.17 bits per heavy atom. The molecular formula is C25H31F4N3O2S. The number of benzene rings is 1. The summed E-state index contributed by atoms with van der Waals surface area (Å²) in [6.45, 7) is 3.23. The van der Waals surface area contributed by atoms with Gasteiger partial charge >= 0.3 is 6.18 Å². The van der Waals surface area contributed by atoms with Crippen LogP contribution in [0.2, 0.25) is 0 Å². The molecule has 3 rings (SSSR count). The zero-order chi connectivity index (χ0) is 25.6. The molecule has 0 amide bonds. The maximum atomic E-state index is 13.7. The molecule has 0 bridgehead atoms. The molecule has 10 heteroatoms. The number of allylic oxidation sites excluding steroid dienone is 4. The van der Waals surface area contributed by atoms with Crippen LogP contribution in [0.1, 0.15) is 62.9 Å². The molecule has 1 aliphatic rings. The predicted molar refractivity (Wildman–Crippen MR) is 129 cm³/mol. The minimum atomic E-state index is -4.60. The van der Waals surface area contributed by atoms with Crippen LogP contribution in [-0.2, 0) is 11.7 Å². The van der Waals surface area contributed by atoms with E-state index in [1.165, 1.54) is 12.1 Å². The second-order valence-corrected chi connectivity index (χ2v) is 10.1. The monoisotopic (exact) mass is 513 g/mol. The highest BCUT2D eigenvalue weighted by Crippen LogP contribution is 2.40. The van der Waals surface area contributed by atoms with Crippen LogP contribution in [0.4, 0.5) is 17.6 Å². The van der Waals surface area contributed by atoms with Crippen molar-refractivity contribution in [1.82, 2.24) is 10.2 Å². The third-order valence-electron chi connectivity index (χ3n) is 5.92. The van der Waals surface area contributed by atoms with Crippen LogP contribution in [0, 0.1) is 5.92 Å². The molecule has 1 heterocycles. The van der Waals surface area contributed by atoms with E-state index >= 15 is 0 Å². The Hall–Kier alpha value is -2.30. The molecule has 3 N–H and O–H groups in total. The van der Waals surface area contributed by atoms with Gasteiger partial charge in [-0.3, -0.25) is 0 Å². The second kappa shape index (κ2) is 11.6. The Morgan fingerprint density at radius 3 is 2.60 bits per heavy atom. The van der Waals surface area contributed by atoms with Gasteiger partial charge in [0.1, 0.15) is 21.6 Å². The van der Waals surface area contributed by atoms with Crippen molar-refractivity contribution < 1.29 is 27.4 Å². The number of hydrogen-bond donors (Lipinski definition) is 2. The number of rotatable bonds is 11. The van der Waals surface area contributed by atoms with Gasteiger partial charge < -0.3 is 15.6 Å². The predicted octanol–water partition coefficient (Wildman–Crippen LogP) is 6.54. The van der Waals surface area contributed by atoms with E-state index in [2.05, 4.69) is 16.3 Å². The lowest BCUT2D eigenvalue weighted by Gasteiger charge is -2.17. The molecule has 0 aliphatic heterocycles. The van der Waals surface area contributed by atoms with E-state index in [-0.39, 0.29) is 41.3 Å². The van der Waals surface area contributed by atoms with Gasteiger partial charge in [0.05, 0.1) is 24.3 Å². The molecule has 0 radical (unpaired) electrons. The zero-order valence-electron chi connectivity index (χ0n) is 19.9. The highest BCUT2D eigenvalue weighted by atomic mass is 32.1. The van der Waals surface area contributed by atoms with E-state index < -0.39 is 17.3 Å². The highest BCUT2D eigenvalue weighted by Gasteiger charge is 2.35. The fourth-order valence-electron chi connectivity index (χ4n) is 3.61. The Kier molecular flexibility index (Phi) is 9.06. The summed E-state index contributed by atoms with van der Waals surface area (Å²) in [6, 6.07) is 3.80. The Bertz CT molecular complexity index is 1060. The van der Waals surface area contributed by atoms with Crippen molar-refractivity contribution in [1.29, 1.82) is 0 Å². The van der Waals surface area contributed by atoms with Crippen LogP contribution in [0.25, 0.3) is 10.6 Å². The first-order chi connectivity index (χ1) is 16.5. The number of aliphatic hydroxyl groups excluding tert-OH is 1. The van der Waals surface area contributed by atoms with E-state index in [0.717, 1.165) is 55.1 Å². The molecular weight excluding hydrogens is 482 g/mol. The molecule has 0 spiro atoms. The number of hydrogen-bond acceptors (Lipinski definition) is 6. The van der Waals surface area contributed by atoms with Crippen molar-refractivity contribution in [3.8, 4) is 16.3 Å². The van der Waals surface area contributed by atoms with Crippen LogP contribution >= 0.6 is 11.3 Å². The second-order valence-electron chi connectivity index (χ2n) is 9.15. The summed E-state index contributed by atoms with van der Waals surface area (Å²) in [4.78, 5) is 0. The number of halogens is 4. The van der Waals surface area contributed by atoms with Crippen molar-refractivity contribution in [2.24, 2.45) is 11.7 Å². The molecule has 1 aromatic heterocycles. The third kappa shape index (κ3) is 7.35. The van der Waals surface area contributed by atoms with Gasteiger partial charge in [-0.2, -0.15) is 13.2 Å². The molecule has 2 atom stereocenters. The van der Waals surface area contributed by atoms with Gasteiger partial charge in [-0.05, 0) is 62.5 Å². The molecule has 2 aromatic rings. The number of nitrogens with two attached hydrogens (primary N) is 1. The zero-order valence-corrected chi connectivity index (χ0v) is 20.7. The maximum absolute atomic E-state index is 13.7. The summed E-state index contributed by atoms with van der Waals surface area (Å²) >= 11 is 1.04. The Labute approximate surface area is 206 Å². The molecule has 0 saturated carbocycles. The van der Waals surface area contributed by atoms with Crippen LogP contribution in [-0.4, -0.2) is 28.5 Å². The van der Waals surface area contributed by atoms with E-state index in [4.69, 9.17) is 10.5 Å². The molecule has 0 fully saturated rings. The molecule has 1 aromatic carbocycles. The highest BCUT2D eigenvalue weighted by molar-refractivity contribution is 7.14. The number of unbranched alkanes of at least 4 members (excludes halogenated alkanes) is 3. The summed E-state index contributed by atoms with van der Waals surface area (Å²) in [5.74, 6) is -0.348. The number of aliphatic hydroxyl groups is 1. The topological polar surface area (TPSA) is 81.3 Å². The Balaban J connectivity index is 1.53. The SMILES string of the molecule is CC1CC=C(CCCCCCOc2ccc(-c3nnc([C@@](C)(N)CO)s3)cc2C(F)(F)F)C=C1F. The molecule has 1 unspecified atom stereocenters. The van der Waals surface area contributed by atoms with Crippen molar-refractivity contribution >= 4 is 11.3 Å². The maximum Gasteiger partial charge on any atom is 0.419 e. The van der Waals surface area contributed by atoms with Crippen molar-refractivity contribution in [2.45, 2.75) is 64.1 Å². The van der Waals surface area contributed by atoms with Gasteiger partial charge in [-0.1, -0.05) is 37.2 Å². The van der Waals surface area contributed by atoms with Gasteiger partial charge in [0, 0.05) is 11.5 Å². The average molecular weight is 514 g/mol. The number of aromatic nitrogens is 2. The van der Waals surface area contributed by atoms with Crippen LogP contribution in [0.15, 0.2) is 41.8 Å². The summed E-state index contributed by atoms with van der Waals surface area (Å²) in [7, 11) is 0. The number of alkyl halides is 3. The lowest BCUT2D eigenvalue weighted by molar-refractivity contribution is -0.138. The Morgan fingerprint density at radius 2 is 1.91 bits per heavy atom. The fourth-order valence-corrected chi connectivity index (χ4v) is 4.50. The van der Waals surface area contributed by atoms with Crippen molar-refractivity contribution in [3.63, 3.8) is 0 Å². The smallest absolute Gasteiger partial charge is 0.419 e. The molecule has 0 saturated heterocycles. The van der Waals surface area contributed by atoms with Crippen molar-refractivity contribution in [2.75, 3.05) is 13.2 Å². The van der Waals surface area contributed by atoms with Crippen LogP contribution in [0.3, 0.4) is 0 Å². The first-order valence-electron chi connectivity index (χ1n) is 11.7. The molecule has 5 nitrogen and oxygen atoms in total. The number of ether oxygens (including phenoxy) is 1. The normalized spacial score (nSPS) is 18.1. The summed E-state index contributed by atoms with van der Waals surface area (Å²) in [5.41, 5.74) is 5.20. The average Bonchev–Trinajstić information content (AvgIpc) is 3.31. The molecule has 1 aliphatic carbocycles. The van der Waals surface area contributed by atoms with E-state index in [1.807, 2.05) is 6.92 Å². The first kappa shape index (κ1) is 27.3. The summed E-state index contributed by atoms with van der Waals surface area (Å²) in [6.07, 6.45) is 3.84. The van der Waals surface area contributed by atoms with E-state index in [9.17, 15) is 22.7 Å². The van der Waals surface area contributed by atoms with Gasteiger partial charge in [0.15, 0.2) is 0 Å². The van der Waals surface area contributed by atoms with Gasteiger partial charge in [0.2, 0.25) is 0 Å². The quantitative estimate of drug-likeness (QED) is 0.263. The third-order valence-corrected chi connectivity index (χ3v) is 7.17. The number of nitrogens with zero attached hydrogens (tertiary/aromatic N) is 2. The van der Waals surface area contributed by atoms with Gasteiger partial charge in [0.25, 0.3) is 0 Å². The van der Waals surface area contributed by atoms with Gasteiger partial charge in [-0.25, -0.2) is 4.39 Å². The van der Waals surface area contributed by atoms with Gasteiger partial charge in [-0.15, -0.1) is 10.2 Å². The van der Waals surface area contributed by atoms with Crippen LogP contribution < -0.4 is 10.5 Å². The minimum Gasteiger partial charge on any atom is -0.493 e. The standard InChI is InChI=1S/C25H31F4N3O2S/c1-16-8-9-17(13-20(16)26)7-5-3-4-6-12-34-21-11-10-18(14-19(21)25(27,28)29)22-31-32-23(35-22)24(2,30)15-33/h9-11,13-14,16,33H,3-8,12,15,30H2,1-2H3/t16?,24-/m0/s1. The van der Waals surface area contributed by atoms with E-state index in [0.29, 0.717) is 11.4 Å². The molecule has 35 heavy (non-hydrogen) atoms. The van der Waals surface area contributed by atoms with E-state index in [1.54, 1.807) is 13.0 Å². The largest absolute Gasteiger partial charge is 0.493 e. The lowest BCUT2D eigenvalue weighted by Crippen LogP contribution is -2.36. The summed E-state index contributed by atoms with van der Waals surface area (Å²) < 4.78 is 60.2. The van der Waals surface area contributed by atoms with Crippen molar-refractivity contribution in [3.05, 3.63) is 52.3 Å².